The van der Waals surface area contributed by atoms with E-state index in [4.69, 9.17) is 0 Å². The summed E-state index contributed by atoms with van der Waals surface area (Å²) in [5, 5.41) is 0. The van der Waals surface area contributed by atoms with E-state index in [1.807, 2.05) is 35.0 Å². The van der Waals surface area contributed by atoms with Gasteiger partial charge in [-0.05, 0) is 17.2 Å². The number of nitrogens with zero attached hydrogens (tertiary/aromatic N) is 2. The van der Waals surface area contributed by atoms with Crippen LogP contribution in [-0.4, -0.2) is 22.6 Å². The van der Waals surface area contributed by atoms with Gasteiger partial charge in [0, 0.05) is 25.0 Å². The fourth-order valence-corrected chi connectivity index (χ4v) is 1.56. The summed E-state index contributed by atoms with van der Waals surface area (Å²) in [5.41, 5.74) is 2.15. The molecular weight excluding hydrogens is 228 g/mol. The molecule has 0 aliphatic carbocycles. The van der Waals surface area contributed by atoms with Crippen LogP contribution in [0.5, 0.6) is 0 Å². The smallest absolute Gasteiger partial charge is 0.330 e. The molecule has 0 bridgehead atoms. The summed E-state index contributed by atoms with van der Waals surface area (Å²) in [6, 6.07) is 7.98. The van der Waals surface area contributed by atoms with Crippen molar-refractivity contribution in [2.75, 3.05) is 7.11 Å². The lowest BCUT2D eigenvalue weighted by atomic mass is 10.1. The van der Waals surface area contributed by atoms with E-state index in [9.17, 15) is 4.79 Å². The molecule has 0 saturated heterocycles. The summed E-state index contributed by atoms with van der Waals surface area (Å²) >= 11 is 0. The number of hydrogen-bond donors (Lipinski definition) is 0. The molecule has 0 aliphatic heterocycles. The fraction of sp³-hybridized carbons (Fsp3) is 0.143. The van der Waals surface area contributed by atoms with Crippen LogP contribution in [0, 0.1) is 0 Å². The molecule has 4 heteroatoms. The first-order valence-corrected chi connectivity index (χ1v) is 5.58. The first-order chi connectivity index (χ1) is 8.78. The number of benzene rings is 1. The highest BCUT2D eigenvalue weighted by Crippen LogP contribution is 2.08. The Morgan fingerprint density at radius 1 is 1.39 bits per heavy atom. The maximum Gasteiger partial charge on any atom is 0.330 e. The average molecular weight is 242 g/mol. The van der Waals surface area contributed by atoms with Gasteiger partial charge in [0.25, 0.3) is 0 Å². The third-order valence-electron chi connectivity index (χ3n) is 2.52. The molecule has 0 fully saturated rings. The van der Waals surface area contributed by atoms with Gasteiger partial charge in [-0.2, -0.15) is 0 Å². The van der Waals surface area contributed by atoms with Crippen molar-refractivity contribution >= 4 is 12.0 Å². The minimum atomic E-state index is -0.350. The first kappa shape index (κ1) is 12.1. The van der Waals surface area contributed by atoms with Crippen molar-refractivity contribution in [3.8, 4) is 0 Å². The molecule has 0 aliphatic rings. The minimum Gasteiger partial charge on any atom is -0.466 e. The van der Waals surface area contributed by atoms with E-state index in [0.29, 0.717) is 0 Å². The Morgan fingerprint density at radius 3 is 2.78 bits per heavy atom. The second-order valence-corrected chi connectivity index (χ2v) is 3.83. The highest BCUT2D eigenvalue weighted by molar-refractivity contribution is 5.86. The second kappa shape index (κ2) is 5.82. The van der Waals surface area contributed by atoms with Crippen LogP contribution in [0.2, 0.25) is 0 Å². The molecule has 0 radical (unpaired) electrons. The highest BCUT2D eigenvalue weighted by atomic mass is 16.5. The molecule has 0 atom stereocenters. The summed E-state index contributed by atoms with van der Waals surface area (Å²) < 4.78 is 6.53. The van der Waals surface area contributed by atoms with Crippen LogP contribution in [-0.2, 0) is 16.1 Å². The van der Waals surface area contributed by atoms with Crippen molar-refractivity contribution in [1.29, 1.82) is 0 Å². The van der Waals surface area contributed by atoms with Gasteiger partial charge in [-0.1, -0.05) is 24.3 Å². The Bertz CT molecular complexity index is 527. The van der Waals surface area contributed by atoms with Crippen LogP contribution in [0.3, 0.4) is 0 Å². The molecule has 0 unspecified atom stereocenters. The Labute approximate surface area is 106 Å². The normalized spacial score (nSPS) is 10.7. The number of ether oxygens (including phenoxy) is 1. The lowest BCUT2D eigenvalue weighted by molar-refractivity contribution is -0.134. The summed E-state index contributed by atoms with van der Waals surface area (Å²) in [7, 11) is 1.36. The number of aromatic nitrogens is 2. The molecule has 0 amide bonds. The Morgan fingerprint density at radius 2 is 2.17 bits per heavy atom. The van der Waals surface area contributed by atoms with Crippen molar-refractivity contribution in [1.82, 2.24) is 9.55 Å². The lowest BCUT2D eigenvalue weighted by Gasteiger charge is -2.02. The van der Waals surface area contributed by atoms with Crippen LogP contribution < -0.4 is 0 Å². The zero-order valence-electron chi connectivity index (χ0n) is 10.1. The summed E-state index contributed by atoms with van der Waals surface area (Å²) in [5.74, 6) is -0.350. The van der Waals surface area contributed by atoms with E-state index in [-0.39, 0.29) is 5.97 Å². The van der Waals surface area contributed by atoms with E-state index in [2.05, 4.69) is 9.72 Å². The summed E-state index contributed by atoms with van der Waals surface area (Å²) in [6.07, 6.45) is 8.60. The number of esters is 1. The monoisotopic (exact) mass is 242 g/mol. The maximum absolute atomic E-state index is 10.9. The van der Waals surface area contributed by atoms with Crippen LogP contribution in [0.15, 0.2) is 49.1 Å². The van der Waals surface area contributed by atoms with Crippen LogP contribution in [0.4, 0.5) is 0 Å². The number of carbonyl (C=O) groups is 1. The quantitative estimate of drug-likeness (QED) is 0.609. The van der Waals surface area contributed by atoms with Gasteiger partial charge < -0.3 is 9.30 Å². The highest BCUT2D eigenvalue weighted by Gasteiger charge is 1.95. The van der Waals surface area contributed by atoms with E-state index < -0.39 is 0 Å². The number of methoxy groups -OCH3 is 1. The van der Waals surface area contributed by atoms with Gasteiger partial charge in [0.05, 0.1) is 13.4 Å². The van der Waals surface area contributed by atoms with E-state index >= 15 is 0 Å². The van der Waals surface area contributed by atoms with Gasteiger partial charge in [0.1, 0.15) is 0 Å². The second-order valence-electron chi connectivity index (χ2n) is 3.83. The van der Waals surface area contributed by atoms with Crippen molar-refractivity contribution in [2.24, 2.45) is 0 Å². The topological polar surface area (TPSA) is 44.1 Å². The predicted molar refractivity (Wildman–Crippen MR) is 68.8 cm³/mol. The molecule has 0 N–H and O–H groups in total. The molecule has 2 rings (SSSR count). The molecule has 4 nitrogen and oxygen atoms in total. The van der Waals surface area contributed by atoms with Crippen LogP contribution in [0.1, 0.15) is 11.1 Å². The Hall–Kier alpha value is -2.36. The molecule has 92 valence electrons. The standard InChI is InChI=1S/C14H14N2O2/c1-18-14(17)7-6-12-2-4-13(5-3-12)10-16-9-8-15-11-16/h2-9,11H,10H2,1H3/b7-6-. The minimum absolute atomic E-state index is 0.350. The lowest BCUT2D eigenvalue weighted by Crippen LogP contribution is -1.96. The molecule has 0 spiro atoms. The van der Waals surface area contributed by atoms with Gasteiger partial charge in [0.2, 0.25) is 0 Å². The molecule has 2 aromatic rings. The average Bonchev–Trinajstić information content (AvgIpc) is 2.90. The van der Waals surface area contributed by atoms with E-state index in [0.717, 1.165) is 12.1 Å². The van der Waals surface area contributed by atoms with Gasteiger partial charge >= 0.3 is 5.97 Å². The Kier molecular flexibility index (Phi) is 3.91. The van der Waals surface area contributed by atoms with E-state index in [1.54, 1.807) is 18.6 Å². The molecular formula is C14H14N2O2. The SMILES string of the molecule is COC(=O)/C=C\c1ccc(Cn2ccnc2)cc1. The van der Waals surface area contributed by atoms with Crippen molar-refractivity contribution in [3.63, 3.8) is 0 Å². The number of carbonyl (C=O) groups excluding carboxylic acids is 1. The van der Waals surface area contributed by atoms with Crippen molar-refractivity contribution in [3.05, 3.63) is 60.2 Å². The summed E-state index contributed by atoms with van der Waals surface area (Å²) in [4.78, 5) is 14.9. The molecule has 1 heterocycles. The van der Waals surface area contributed by atoms with Crippen molar-refractivity contribution in [2.45, 2.75) is 6.54 Å². The van der Waals surface area contributed by atoms with Crippen LogP contribution in [0.25, 0.3) is 6.08 Å². The number of hydrogen-bond acceptors (Lipinski definition) is 3. The largest absolute Gasteiger partial charge is 0.466 e. The molecule has 1 aromatic heterocycles. The fourth-order valence-electron chi connectivity index (χ4n) is 1.56. The molecule has 18 heavy (non-hydrogen) atoms. The number of rotatable bonds is 4. The molecule has 1 aromatic carbocycles. The van der Waals surface area contributed by atoms with Gasteiger partial charge in [-0.15, -0.1) is 0 Å². The first-order valence-electron chi connectivity index (χ1n) is 5.58. The maximum atomic E-state index is 10.9. The predicted octanol–water partition coefficient (Wildman–Crippen LogP) is 2.12. The van der Waals surface area contributed by atoms with Gasteiger partial charge in [0.15, 0.2) is 0 Å². The zero-order valence-corrected chi connectivity index (χ0v) is 10.1. The van der Waals surface area contributed by atoms with E-state index in [1.165, 1.54) is 18.7 Å². The Balaban J connectivity index is 2.01. The van der Waals surface area contributed by atoms with Crippen LogP contribution >= 0.6 is 0 Å². The van der Waals surface area contributed by atoms with Gasteiger partial charge in [-0.3, -0.25) is 0 Å². The van der Waals surface area contributed by atoms with Crippen molar-refractivity contribution < 1.29 is 9.53 Å². The van der Waals surface area contributed by atoms with Gasteiger partial charge in [-0.25, -0.2) is 9.78 Å². The zero-order chi connectivity index (χ0) is 12.8. The summed E-state index contributed by atoms with van der Waals surface area (Å²) in [6.45, 7) is 0.793. The molecule has 0 saturated carbocycles. The third-order valence-corrected chi connectivity index (χ3v) is 2.52. The third kappa shape index (κ3) is 3.31. The number of imidazole rings is 1.